The van der Waals surface area contributed by atoms with Gasteiger partial charge in [-0.15, -0.1) is 0 Å². The number of amides is 1. The average Bonchev–Trinajstić information content (AvgIpc) is 2.90. The number of fused-ring (bicyclic) bond motifs is 1. The zero-order valence-corrected chi connectivity index (χ0v) is 17.2. The van der Waals surface area contributed by atoms with Crippen molar-refractivity contribution in [3.63, 3.8) is 0 Å². The van der Waals surface area contributed by atoms with E-state index in [1.807, 2.05) is 30.3 Å². The van der Waals surface area contributed by atoms with E-state index in [1.165, 1.54) is 30.3 Å². The van der Waals surface area contributed by atoms with Crippen LogP contribution in [0.2, 0.25) is 5.32 Å². The Morgan fingerprint density at radius 2 is 1.64 bits per heavy atom. The van der Waals surface area contributed by atoms with Crippen molar-refractivity contribution >= 4 is 35.3 Å². The van der Waals surface area contributed by atoms with Crippen molar-refractivity contribution in [2.45, 2.75) is 16.3 Å². The SMILES string of the molecule is O=C1c2ccccc2S(=O)(=O)N1C(C[Se]c1ccccc1)c1cccc(F)c1. The molecule has 1 atom stereocenters. The molecule has 1 heterocycles. The number of hydrogen-bond donors (Lipinski definition) is 0. The molecule has 1 aliphatic heterocycles. The van der Waals surface area contributed by atoms with E-state index in [2.05, 4.69) is 0 Å². The molecule has 4 rings (SSSR count). The van der Waals surface area contributed by atoms with Crippen LogP contribution in [0.15, 0.2) is 83.8 Å². The molecule has 28 heavy (non-hydrogen) atoms. The number of carbonyl (C=O) groups excluding carboxylic acids is 1. The molecule has 3 aromatic carbocycles. The summed E-state index contributed by atoms with van der Waals surface area (Å²) in [6.07, 6.45) is 0. The number of sulfonamides is 1. The molecule has 0 radical (unpaired) electrons. The van der Waals surface area contributed by atoms with E-state index in [0.717, 1.165) is 8.77 Å². The summed E-state index contributed by atoms with van der Waals surface area (Å²) < 4.78 is 42.1. The summed E-state index contributed by atoms with van der Waals surface area (Å²) in [5, 5.41) is 0.416. The van der Waals surface area contributed by atoms with Crippen LogP contribution in [0, 0.1) is 5.82 Å². The normalized spacial score (nSPS) is 16.0. The quantitative estimate of drug-likeness (QED) is 0.550. The van der Waals surface area contributed by atoms with Crippen molar-refractivity contribution < 1.29 is 17.6 Å². The average molecular weight is 460 g/mol. The van der Waals surface area contributed by atoms with E-state index in [1.54, 1.807) is 18.2 Å². The molecule has 0 N–H and O–H groups in total. The fraction of sp³-hybridized carbons (Fsp3) is 0.0952. The maximum atomic E-state index is 13.9. The monoisotopic (exact) mass is 461 g/mol. The number of rotatable bonds is 5. The van der Waals surface area contributed by atoms with Crippen LogP contribution >= 0.6 is 0 Å². The second-order valence-electron chi connectivity index (χ2n) is 6.30. The predicted octanol–water partition coefficient (Wildman–Crippen LogP) is 3.16. The first kappa shape index (κ1) is 18.9. The molecule has 0 bridgehead atoms. The summed E-state index contributed by atoms with van der Waals surface area (Å²) in [6.45, 7) is 0. The molecular formula is C21H16FNO3SSe. The minimum absolute atomic E-state index is 0.00798. The molecule has 4 nitrogen and oxygen atoms in total. The summed E-state index contributed by atoms with van der Waals surface area (Å²) in [5.41, 5.74) is 0.638. The van der Waals surface area contributed by atoms with E-state index in [4.69, 9.17) is 0 Å². The van der Waals surface area contributed by atoms with Gasteiger partial charge in [0.1, 0.15) is 0 Å². The molecule has 0 saturated heterocycles. The fourth-order valence-electron chi connectivity index (χ4n) is 3.22. The Hall–Kier alpha value is -2.47. The Kier molecular flexibility index (Phi) is 5.06. The molecular weight excluding hydrogens is 444 g/mol. The van der Waals surface area contributed by atoms with Crippen LogP contribution in [-0.4, -0.2) is 33.6 Å². The van der Waals surface area contributed by atoms with E-state index < -0.39 is 27.8 Å². The summed E-state index contributed by atoms with van der Waals surface area (Å²) in [4.78, 5) is 13.0. The van der Waals surface area contributed by atoms with Crippen LogP contribution in [0.25, 0.3) is 0 Å². The van der Waals surface area contributed by atoms with E-state index >= 15 is 0 Å². The predicted molar refractivity (Wildman–Crippen MR) is 106 cm³/mol. The first-order valence-electron chi connectivity index (χ1n) is 8.59. The van der Waals surface area contributed by atoms with Gasteiger partial charge in [0.25, 0.3) is 0 Å². The summed E-state index contributed by atoms with van der Waals surface area (Å²) >= 11 is -0.0944. The molecule has 1 aliphatic rings. The number of carbonyl (C=O) groups is 1. The standard InChI is InChI=1S/C21H16FNO3SSe/c22-16-8-6-7-15(13-16)19(14-28-17-9-2-1-3-10-17)23-21(24)18-11-4-5-12-20(18)27(23,25)26/h1-13,19H,14H2. The van der Waals surface area contributed by atoms with Crippen molar-refractivity contribution in [3.05, 3.63) is 95.8 Å². The summed E-state index contributed by atoms with van der Waals surface area (Å²) in [6, 6.07) is 20.9. The third kappa shape index (κ3) is 3.37. The van der Waals surface area contributed by atoms with Gasteiger partial charge in [-0.05, 0) is 0 Å². The molecule has 142 valence electrons. The van der Waals surface area contributed by atoms with Gasteiger partial charge in [0, 0.05) is 0 Å². The molecule has 1 unspecified atom stereocenters. The van der Waals surface area contributed by atoms with Gasteiger partial charge in [-0.3, -0.25) is 0 Å². The zero-order valence-electron chi connectivity index (χ0n) is 14.7. The van der Waals surface area contributed by atoms with Gasteiger partial charge in [0.2, 0.25) is 0 Å². The first-order chi connectivity index (χ1) is 13.5. The van der Waals surface area contributed by atoms with Crippen molar-refractivity contribution in [1.29, 1.82) is 0 Å². The van der Waals surface area contributed by atoms with Crippen LogP contribution in [0.1, 0.15) is 22.0 Å². The number of benzene rings is 3. The number of nitrogens with zero attached hydrogens (tertiary/aromatic N) is 1. The fourth-order valence-corrected chi connectivity index (χ4v) is 7.36. The van der Waals surface area contributed by atoms with Crippen LogP contribution in [0.4, 0.5) is 4.39 Å². The van der Waals surface area contributed by atoms with Crippen molar-refractivity contribution in [2.75, 3.05) is 0 Å². The Balaban J connectivity index is 1.76. The Labute approximate surface area is 169 Å². The molecule has 3 aromatic rings. The Bertz CT molecular complexity index is 1140. The van der Waals surface area contributed by atoms with Gasteiger partial charge in [-0.1, -0.05) is 0 Å². The van der Waals surface area contributed by atoms with Gasteiger partial charge in [-0.2, -0.15) is 0 Å². The molecule has 0 aliphatic carbocycles. The molecule has 7 heteroatoms. The summed E-state index contributed by atoms with van der Waals surface area (Å²) in [7, 11) is -3.99. The van der Waals surface area contributed by atoms with E-state index in [0.29, 0.717) is 10.9 Å². The number of halogens is 1. The molecule has 1 amide bonds. The van der Waals surface area contributed by atoms with Crippen molar-refractivity contribution in [1.82, 2.24) is 4.31 Å². The van der Waals surface area contributed by atoms with E-state index in [9.17, 15) is 17.6 Å². The minimum atomic E-state index is -3.99. The third-order valence-corrected chi connectivity index (χ3v) is 8.65. The topological polar surface area (TPSA) is 54.5 Å². The molecule has 0 spiro atoms. The van der Waals surface area contributed by atoms with Crippen LogP contribution in [-0.2, 0) is 10.0 Å². The van der Waals surface area contributed by atoms with Crippen molar-refractivity contribution in [3.8, 4) is 0 Å². The van der Waals surface area contributed by atoms with Crippen molar-refractivity contribution in [2.24, 2.45) is 0 Å². The van der Waals surface area contributed by atoms with Gasteiger partial charge < -0.3 is 0 Å². The van der Waals surface area contributed by atoms with E-state index in [-0.39, 0.29) is 25.4 Å². The van der Waals surface area contributed by atoms with Gasteiger partial charge in [0.05, 0.1) is 0 Å². The maximum absolute atomic E-state index is 13.9. The Morgan fingerprint density at radius 1 is 0.929 bits per heavy atom. The summed E-state index contributed by atoms with van der Waals surface area (Å²) in [5.74, 6) is -1.02. The zero-order chi connectivity index (χ0) is 19.7. The molecule has 0 aromatic heterocycles. The van der Waals surface area contributed by atoms with Crippen LogP contribution in [0.5, 0.6) is 0 Å². The second-order valence-corrected chi connectivity index (χ2v) is 10.4. The third-order valence-electron chi connectivity index (χ3n) is 4.52. The van der Waals surface area contributed by atoms with Crippen LogP contribution < -0.4 is 4.46 Å². The Morgan fingerprint density at radius 3 is 2.36 bits per heavy atom. The second kappa shape index (κ2) is 7.51. The first-order valence-corrected chi connectivity index (χ1v) is 12.1. The van der Waals surface area contributed by atoms with Gasteiger partial charge >= 0.3 is 169 Å². The number of hydrogen-bond acceptors (Lipinski definition) is 3. The van der Waals surface area contributed by atoms with Gasteiger partial charge in [-0.25, -0.2) is 0 Å². The van der Waals surface area contributed by atoms with Gasteiger partial charge in [0.15, 0.2) is 0 Å². The van der Waals surface area contributed by atoms with Crippen LogP contribution in [0.3, 0.4) is 0 Å². The molecule has 0 fully saturated rings. The molecule has 0 saturated carbocycles.